The number of oxazole rings is 1. The van der Waals surface area contributed by atoms with Crippen LogP contribution in [0.2, 0.25) is 0 Å². The van der Waals surface area contributed by atoms with Crippen LogP contribution in [0.5, 0.6) is 0 Å². The molecule has 31 heavy (non-hydrogen) atoms. The fraction of sp³-hybridized carbons (Fsp3) is 0.273. The SMILES string of the molecule is CCCC(Sc1nc2ccccc2o1)(c1ccc(C(=O)O)cc1)C(CC(=O)O)C(=O)O. The number of carboxylic acid groups (broad SMARTS) is 3. The van der Waals surface area contributed by atoms with Gasteiger partial charge >= 0.3 is 17.9 Å². The summed E-state index contributed by atoms with van der Waals surface area (Å²) >= 11 is 1.06. The quantitative estimate of drug-likeness (QED) is 0.387. The Bertz CT molecular complexity index is 1080. The van der Waals surface area contributed by atoms with Crippen molar-refractivity contribution in [1.29, 1.82) is 0 Å². The number of hydrogen-bond acceptors (Lipinski definition) is 6. The van der Waals surface area contributed by atoms with E-state index in [1.807, 2.05) is 6.92 Å². The van der Waals surface area contributed by atoms with E-state index in [0.717, 1.165) is 11.8 Å². The van der Waals surface area contributed by atoms with Gasteiger partial charge in [0.05, 0.1) is 22.6 Å². The number of rotatable bonds is 10. The molecule has 0 aliphatic heterocycles. The second-order valence-corrected chi connectivity index (χ2v) is 8.34. The molecule has 0 radical (unpaired) electrons. The van der Waals surface area contributed by atoms with Crippen LogP contribution in [0, 0.1) is 5.92 Å². The predicted octanol–water partition coefficient (Wildman–Crippen LogP) is 4.49. The van der Waals surface area contributed by atoms with Crippen molar-refractivity contribution in [2.24, 2.45) is 5.92 Å². The van der Waals surface area contributed by atoms with E-state index in [1.54, 1.807) is 24.3 Å². The summed E-state index contributed by atoms with van der Waals surface area (Å²) in [6.07, 6.45) is 0.258. The van der Waals surface area contributed by atoms with Crippen LogP contribution < -0.4 is 0 Å². The van der Waals surface area contributed by atoms with Crippen LogP contribution in [0.25, 0.3) is 11.1 Å². The molecule has 162 valence electrons. The van der Waals surface area contributed by atoms with E-state index in [0.29, 0.717) is 29.5 Å². The van der Waals surface area contributed by atoms with E-state index in [-0.39, 0.29) is 10.8 Å². The van der Waals surface area contributed by atoms with E-state index < -0.39 is 35.0 Å². The number of fused-ring (bicyclic) bond motifs is 1. The highest BCUT2D eigenvalue weighted by atomic mass is 32.2. The summed E-state index contributed by atoms with van der Waals surface area (Å²) < 4.78 is 4.57. The summed E-state index contributed by atoms with van der Waals surface area (Å²) in [6, 6.07) is 12.9. The lowest BCUT2D eigenvalue weighted by Gasteiger charge is -2.37. The van der Waals surface area contributed by atoms with Crippen molar-refractivity contribution in [1.82, 2.24) is 4.98 Å². The number of aromatic carboxylic acids is 1. The highest BCUT2D eigenvalue weighted by Crippen LogP contribution is 2.51. The monoisotopic (exact) mass is 443 g/mol. The zero-order valence-electron chi connectivity index (χ0n) is 16.6. The number of aliphatic carboxylic acids is 2. The smallest absolute Gasteiger partial charge is 0.335 e. The normalized spacial score (nSPS) is 14.1. The van der Waals surface area contributed by atoms with Gasteiger partial charge < -0.3 is 19.7 Å². The summed E-state index contributed by atoms with van der Waals surface area (Å²) in [7, 11) is 0. The van der Waals surface area contributed by atoms with Gasteiger partial charge in [0.15, 0.2) is 5.58 Å². The molecule has 3 aromatic rings. The number of carboxylic acids is 3. The molecule has 0 aliphatic carbocycles. The molecule has 0 fully saturated rings. The Morgan fingerprint density at radius 2 is 1.74 bits per heavy atom. The van der Waals surface area contributed by atoms with Crippen LogP contribution in [-0.2, 0) is 14.3 Å². The van der Waals surface area contributed by atoms with Crippen LogP contribution >= 0.6 is 11.8 Å². The first-order valence-corrected chi connectivity index (χ1v) is 10.4. The van der Waals surface area contributed by atoms with Gasteiger partial charge in [0, 0.05) is 0 Å². The van der Waals surface area contributed by atoms with E-state index in [2.05, 4.69) is 4.98 Å². The molecule has 0 bridgehead atoms. The minimum Gasteiger partial charge on any atom is -0.481 e. The first kappa shape index (κ1) is 22.4. The van der Waals surface area contributed by atoms with Gasteiger partial charge in [0.2, 0.25) is 0 Å². The average molecular weight is 443 g/mol. The lowest BCUT2D eigenvalue weighted by atomic mass is 9.79. The average Bonchev–Trinajstić information content (AvgIpc) is 3.13. The Balaban J connectivity index is 2.18. The van der Waals surface area contributed by atoms with E-state index in [4.69, 9.17) is 4.42 Å². The van der Waals surface area contributed by atoms with Crippen LogP contribution in [0.3, 0.4) is 0 Å². The molecule has 9 heteroatoms. The van der Waals surface area contributed by atoms with Gasteiger partial charge in [0.1, 0.15) is 5.52 Å². The zero-order valence-corrected chi connectivity index (χ0v) is 17.5. The van der Waals surface area contributed by atoms with Crippen LogP contribution in [0.15, 0.2) is 58.2 Å². The number of thioether (sulfide) groups is 1. The molecule has 0 aliphatic rings. The van der Waals surface area contributed by atoms with E-state index >= 15 is 0 Å². The second kappa shape index (κ2) is 9.22. The zero-order chi connectivity index (χ0) is 22.6. The Morgan fingerprint density at radius 3 is 2.29 bits per heavy atom. The molecular formula is C22H21NO7S. The van der Waals surface area contributed by atoms with Crippen LogP contribution in [0.4, 0.5) is 0 Å². The molecule has 2 aromatic carbocycles. The molecule has 1 heterocycles. The van der Waals surface area contributed by atoms with Gasteiger partial charge in [-0.15, -0.1) is 0 Å². The summed E-state index contributed by atoms with van der Waals surface area (Å²) in [4.78, 5) is 39.5. The highest BCUT2D eigenvalue weighted by Gasteiger charge is 2.47. The summed E-state index contributed by atoms with van der Waals surface area (Å²) in [5.74, 6) is -4.92. The lowest BCUT2D eigenvalue weighted by molar-refractivity contribution is -0.149. The standard InChI is InChI=1S/C22H21NO7S/c1-2-11-22(15(20(28)29)12-18(24)25,14-9-7-13(8-10-14)19(26)27)31-21-23-16-5-3-4-6-17(16)30-21/h3-10,15H,2,11-12H2,1H3,(H,24,25)(H,26,27)(H,28,29). The number of benzene rings is 2. The van der Waals surface area contributed by atoms with Gasteiger partial charge in [-0.1, -0.05) is 49.4 Å². The first-order valence-electron chi connectivity index (χ1n) is 9.60. The molecule has 0 amide bonds. The third kappa shape index (κ3) is 4.72. The van der Waals surface area contributed by atoms with Crippen molar-refractivity contribution >= 4 is 40.8 Å². The molecule has 3 N–H and O–H groups in total. The molecule has 0 saturated carbocycles. The third-order valence-electron chi connectivity index (χ3n) is 5.03. The summed E-state index contributed by atoms with van der Waals surface area (Å²) in [5.41, 5.74) is 1.68. The maximum Gasteiger partial charge on any atom is 0.335 e. The van der Waals surface area contributed by atoms with Gasteiger partial charge in [-0.3, -0.25) is 9.59 Å². The fourth-order valence-corrected chi connectivity index (χ4v) is 5.12. The van der Waals surface area contributed by atoms with Crippen molar-refractivity contribution in [3.05, 3.63) is 59.7 Å². The van der Waals surface area contributed by atoms with Crippen molar-refractivity contribution in [3.63, 3.8) is 0 Å². The number of nitrogens with zero attached hydrogens (tertiary/aromatic N) is 1. The Labute approximate surface area is 181 Å². The predicted molar refractivity (Wildman–Crippen MR) is 113 cm³/mol. The number of carbonyl (C=O) groups is 3. The molecular weight excluding hydrogens is 422 g/mol. The van der Waals surface area contributed by atoms with E-state index in [1.165, 1.54) is 24.3 Å². The lowest BCUT2D eigenvalue weighted by Crippen LogP contribution is -2.39. The van der Waals surface area contributed by atoms with Crippen molar-refractivity contribution in [3.8, 4) is 0 Å². The number of hydrogen-bond donors (Lipinski definition) is 3. The van der Waals surface area contributed by atoms with Gasteiger partial charge in [0.25, 0.3) is 5.22 Å². The highest BCUT2D eigenvalue weighted by molar-refractivity contribution is 8.00. The van der Waals surface area contributed by atoms with Crippen molar-refractivity contribution in [2.75, 3.05) is 0 Å². The minimum atomic E-state index is -1.30. The molecule has 0 spiro atoms. The molecule has 1 aromatic heterocycles. The number of para-hydroxylation sites is 2. The Hall–Kier alpha value is -3.33. The van der Waals surface area contributed by atoms with Gasteiger partial charge in [-0.25, -0.2) is 9.78 Å². The Kier molecular flexibility index (Phi) is 6.65. The molecule has 8 nitrogen and oxygen atoms in total. The van der Waals surface area contributed by atoms with Crippen molar-refractivity contribution in [2.45, 2.75) is 36.2 Å². The molecule has 2 atom stereocenters. The van der Waals surface area contributed by atoms with Crippen LogP contribution in [0.1, 0.15) is 42.1 Å². The largest absolute Gasteiger partial charge is 0.481 e. The number of aromatic nitrogens is 1. The topological polar surface area (TPSA) is 138 Å². The molecule has 2 unspecified atom stereocenters. The van der Waals surface area contributed by atoms with Gasteiger partial charge in [-0.05, 0) is 36.2 Å². The van der Waals surface area contributed by atoms with Crippen molar-refractivity contribution < 1.29 is 34.1 Å². The summed E-state index contributed by atoms with van der Waals surface area (Å²) in [5, 5.41) is 28.8. The minimum absolute atomic E-state index is 0.0473. The Morgan fingerprint density at radius 1 is 1.06 bits per heavy atom. The van der Waals surface area contributed by atoms with Gasteiger partial charge in [-0.2, -0.15) is 0 Å². The summed E-state index contributed by atoms with van der Waals surface area (Å²) in [6.45, 7) is 1.87. The molecule has 3 rings (SSSR count). The maximum absolute atomic E-state index is 12.2. The van der Waals surface area contributed by atoms with E-state index in [9.17, 15) is 29.7 Å². The third-order valence-corrected chi connectivity index (χ3v) is 6.46. The van der Waals surface area contributed by atoms with Crippen LogP contribution in [-0.4, -0.2) is 38.2 Å². The maximum atomic E-state index is 12.2. The fourth-order valence-electron chi connectivity index (χ4n) is 3.64. The first-order chi connectivity index (χ1) is 14.8. The second-order valence-electron chi connectivity index (χ2n) is 7.06. The molecule has 0 saturated heterocycles.